The van der Waals surface area contributed by atoms with Crippen molar-refractivity contribution in [3.05, 3.63) is 42.7 Å². The van der Waals surface area contributed by atoms with Crippen molar-refractivity contribution in [1.29, 1.82) is 0 Å². The van der Waals surface area contributed by atoms with Gasteiger partial charge in [-0.15, -0.1) is 10.2 Å². The molecule has 4 heterocycles. The minimum atomic E-state index is -2.26. The van der Waals surface area contributed by atoms with Crippen LogP contribution >= 0.6 is 0 Å². The third-order valence-corrected chi connectivity index (χ3v) is 6.43. The molecular weight excluding hydrogens is 484 g/mol. The van der Waals surface area contributed by atoms with Crippen molar-refractivity contribution in [2.24, 2.45) is 0 Å². The SMILES string of the molecule is COc1cc(-n2ccc(N3CCO[C@](C)([C@@](C)(O)C(=O)Nc4ccc5c(N)noc5c4)C3=O)n2)cnn1. The molecule has 1 fully saturated rings. The fraction of sp³-hybridized carbons (Fsp3) is 0.304. The monoisotopic (exact) mass is 508 g/mol. The van der Waals surface area contributed by atoms with Crippen LogP contribution < -0.4 is 20.7 Å². The maximum Gasteiger partial charge on any atom is 0.263 e. The zero-order valence-electron chi connectivity index (χ0n) is 20.2. The normalized spacial score (nSPS) is 19.6. The summed E-state index contributed by atoms with van der Waals surface area (Å²) in [5.41, 5.74) is 2.79. The molecule has 192 valence electrons. The lowest BCUT2D eigenvalue weighted by atomic mass is 9.82. The molecule has 1 aliphatic rings. The summed E-state index contributed by atoms with van der Waals surface area (Å²) in [6.45, 7) is 2.83. The molecule has 0 aliphatic carbocycles. The third kappa shape index (κ3) is 4.01. The Morgan fingerprint density at radius 2 is 2.14 bits per heavy atom. The number of carbonyl (C=O) groups is 2. The number of amides is 2. The second kappa shape index (κ2) is 8.83. The molecule has 5 rings (SSSR count). The molecule has 2 atom stereocenters. The summed E-state index contributed by atoms with van der Waals surface area (Å²) in [5, 5.41) is 30.3. The first-order valence-electron chi connectivity index (χ1n) is 11.2. The molecule has 4 N–H and O–H groups in total. The molecular formula is C23H24N8O6. The molecule has 0 saturated carbocycles. The Hall–Kier alpha value is -4.56. The van der Waals surface area contributed by atoms with Crippen molar-refractivity contribution >= 4 is 40.1 Å². The molecule has 0 bridgehead atoms. The van der Waals surface area contributed by atoms with Crippen LogP contribution in [0, 0.1) is 0 Å². The number of aromatic nitrogens is 5. The molecule has 1 saturated heterocycles. The van der Waals surface area contributed by atoms with Crippen LogP contribution in [0.3, 0.4) is 0 Å². The summed E-state index contributed by atoms with van der Waals surface area (Å²) < 4.78 is 17.5. The molecule has 0 unspecified atom stereocenters. The van der Waals surface area contributed by atoms with Crippen molar-refractivity contribution in [2.45, 2.75) is 25.0 Å². The first kappa shape index (κ1) is 24.1. The van der Waals surface area contributed by atoms with Crippen LogP contribution in [0.15, 0.2) is 47.2 Å². The second-order valence-corrected chi connectivity index (χ2v) is 8.72. The lowest BCUT2D eigenvalue weighted by molar-refractivity contribution is -0.190. The quantitative estimate of drug-likeness (QED) is 0.336. The van der Waals surface area contributed by atoms with Crippen LogP contribution in [0.5, 0.6) is 5.88 Å². The Balaban J connectivity index is 1.38. The number of methoxy groups -OCH3 is 1. The van der Waals surface area contributed by atoms with E-state index in [0.29, 0.717) is 34.0 Å². The van der Waals surface area contributed by atoms with E-state index in [-0.39, 0.29) is 19.0 Å². The van der Waals surface area contributed by atoms with E-state index in [2.05, 4.69) is 25.8 Å². The van der Waals surface area contributed by atoms with Gasteiger partial charge in [0.15, 0.2) is 28.4 Å². The van der Waals surface area contributed by atoms with E-state index in [0.717, 1.165) is 0 Å². The van der Waals surface area contributed by atoms with Crippen LogP contribution in [0.2, 0.25) is 0 Å². The van der Waals surface area contributed by atoms with Crippen molar-refractivity contribution in [1.82, 2.24) is 25.1 Å². The molecule has 14 nitrogen and oxygen atoms in total. The van der Waals surface area contributed by atoms with Gasteiger partial charge in [-0.3, -0.25) is 14.5 Å². The Kier molecular flexibility index (Phi) is 5.76. The van der Waals surface area contributed by atoms with Gasteiger partial charge in [-0.25, -0.2) is 4.68 Å². The van der Waals surface area contributed by atoms with Gasteiger partial charge in [-0.2, -0.15) is 5.10 Å². The van der Waals surface area contributed by atoms with Crippen LogP contribution in [0.25, 0.3) is 16.7 Å². The maximum atomic E-state index is 13.6. The number of aliphatic hydroxyl groups is 1. The maximum absolute atomic E-state index is 13.6. The van der Waals surface area contributed by atoms with Gasteiger partial charge in [0.05, 0.1) is 37.5 Å². The number of morpholine rings is 1. The van der Waals surface area contributed by atoms with Crippen molar-refractivity contribution < 1.29 is 28.7 Å². The summed E-state index contributed by atoms with van der Waals surface area (Å²) in [6.07, 6.45) is 3.13. The molecule has 3 aromatic heterocycles. The summed E-state index contributed by atoms with van der Waals surface area (Å²) in [4.78, 5) is 28.2. The first-order valence-corrected chi connectivity index (χ1v) is 11.2. The Labute approximate surface area is 209 Å². The largest absolute Gasteiger partial charge is 0.480 e. The van der Waals surface area contributed by atoms with Gasteiger partial charge in [-0.1, -0.05) is 5.16 Å². The molecule has 4 aromatic rings. The van der Waals surface area contributed by atoms with Gasteiger partial charge in [0, 0.05) is 30.1 Å². The number of nitrogens with one attached hydrogen (secondary N) is 1. The Bertz CT molecular complexity index is 1500. The van der Waals surface area contributed by atoms with E-state index >= 15 is 0 Å². The molecule has 0 radical (unpaired) electrons. The van der Waals surface area contributed by atoms with E-state index < -0.39 is 23.0 Å². The van der Waals surface area contributed by atoms with Crippen molar-refractivity contribution in [2.75, 3.05) is 36.2 Å². The highest BCUT2D eigenvalue weighted by molar-refractivity contribution is 6.08. The van der Waals surface area contributed by atoms with Crippen LogP contribution in [0.4, 0.5) is 17.3 Å². The number of benzene rings is 1. The Morgan fingerprint density at radius 3 is 2.92 bits per heavy atom. The lowest BCUT2D eigenvalue weighted by Crippen LogP contribution is -2.69. The fourth-order valence-corrected chi connectivity index (χ4v) is 4.00. The molecule has 2 amide bonds. The lowest BCUT2D eigenvalue weighted by Gasteiger charge is -2.45. The highest BCUT2D eigenvalue weighted by Gasteiger charge is 2.58. The standard InChI is InChI=1S/C23H24N8O6/c1-22(34,20(32)26-13-4-5-15-16(10-13)37-29-19(15)24)23(2)21(33)30(8-9-36-23)17-6-7-31(28-17)14-11-18(35-3)27-25-12-14/h4-7,10-12,34H,8-9H2,1-3H3,(H2,24,29)(H,26,32)/t22-,23-/m0/s1. The average molecular weight is 508 g/mol. The molecule has 0 spiro atoms. The number of nitrogens with two attached hydrogens (primary N) is 1. The number of hydrogen-bond acceptors (Lipinski definition) is 11. The van der Waals surface area contributed by atoms with Gasteiger partial charge < -0.3 is 30.2 Å². The number of rotatable bonds is 6. The van der Waals surface area contributed by atoms with Crippen molar-refractivity contribution in [3.63, 3.8) is 0 Å². The predicted molar refractivity (Wildman–Crippen MR) is 130 cm³/mol. The number of anilines is 3. The number of hydrogen-bond donors (Lipinski definition) is 3. The third-order valence-electron chi connectivity index (χ3n) is 6.43. The smallest absolute Gasteiger partial charge is 0.263 e. The van der Waals surface area contributed by atoms with Gasteiger partial charge in [-0.05, 0) is 26.0 Å². The first-order chi connectivity index (χ1) is 17.6. The molecule has 1 aliphatic heterocycles. The van der Waals surface area contributed by atoms with E-state index in [1.54, 1.807) is 30.5 Å². The zero-order valence-corrected chi connectivity index (χ0v) is 20.2. The summed E-state index contributed by atoms with van der Waals surface area (Å²) in [5.74, 6) is -0.654. The summed E-state index contributed by atoms with van der Waals surface area (Å²) in [6, 6.07) is 7.98. The number of nitrogens with zero attached hydrogens (tertiary/aromatic N) is 6. The average Bonchev–Trinajstić information content (AvgIpc) is 3.53. The van der Waals surface area contributed by atoms with Gasteiger partial charge in [0.25, 0.3) is 11.8 Å². The highest BCUT2D eigenvalue weighted by Crippen LogP contribution is 2.34. The van der Waals surface area contributed by atoms with Crippen LogP contribution in [0.1, 0.15) is 13.8 Å². The van der Waals surface area contributed by atoms with E-state index in [1.807, 2.05) is 0 Å². The van der Waals surface area contributed by atoms with Gasteiger partial charge >= 0.3 is 0 Å². The molecule has 37 heavy (non-hydrogen) atoms. The van der Waals surface area contributed by atoms with Gasteiger partial charge in [0.1, 0.15) is 0 Å². The van der Waals surface area contributed by atoms with Crippen molar-refractivity contribution in [3.8, 4) is 11.6 Å². The predicted octanol–water partition coefficient (Wildman–Crippen LogP) is 0.906. The minimum absolute atomic E-state index is 0.0620. The second-order valence-electron chi connectivity index (χ2n) is 8.72. The van der Waals surface area contributed by atoms with Crippen LogP contribution in [-0.4, -0.2) is 73.5 Å². The van der Waals surface area contributed by atoms with Crippen LogP contribution in [-0.2, 0) is 14.3 Å². The zero-order chi connectivity index (χ0) is 26.4. The van der Waals surface area contributed by atoms with E-state index in [4.69, 9.17) is 19.7 Å². The van der Waals surface area contributed by atoms with Gasteiger partial charge in [0.2, 0.25) is 5.88 Å². The molecule has 14 heteroatoms. The topological polar surface area (TPSA) is 184 Å². The van der Waals surface area contributed by atoms with E-state index in [1.165, 1.54) is 42.8 Å². The fourth-order valence-electron chi connectivity index (χ4n) is 4.00. The number of nitrogen functional groups attached to an aromatic ring is 1. The number of ether oxygens (including phenoxy) is 2. The summed E-state index contributed by atoms with van der Waals surface area (Å²) >= 11 is 0. The van der Waals surface area contributed by atoms with E-state index in [9.17, 15) is 14.7 Å². The number of carbonyl (C=O) groups excluding carboxylic acids is 2. The number of fused-ring (bicyclic) bond motifs is 1. The highest BCUT2D eigenvalue weighted by atomic mass is 16.5. The molecule has 1 aromatic carbocycles. The Morgan fingerprint density at radius 1 is 1.32 bits per heavy atom. The summed E-state index contributed by atoms with van der Waals surface area (Å²) in [7, 11) is 1.47. The minimum Gasteiger partial charge on any atom is -0.480 e.